The number of rotatable bonds is 6. The molecule has 0 aliphatic rings. The minimum absolute atomic E-state index is 0.0125. The molecular weight excluding hydrogens is 322 g/mol. The molecule has 0 fully saturated rings. The van der Waals surface area contributed by atoms with E-state index < -0.39 is 21.8 Å². The molecule has 0 saturated heterocycles. The number of carboxylic acids is 1. The summed E-state index contributed by atoms with van der Waals surface area (Å²) in [5.41, 5.74) is 1.06. The van der Waals surface area contributed by atoms with Crippen LogP contribution in [0.1, 0.15) is 28.8 Å². The quantitative estimate of drug-likeness (QED) is 0.838. The second kappa shape index (κ2) is 6.33. The number of aromatic carboxylic acids is 1. The van der Waals surface area contributed by atoms with Gasteiger partial charge in [-0.05, 0) is 44.5 Å². The summed E-state index contributed by atoms with van der Waals surface area (Å²) in [5.74, 6) is -1.10. The Hall–Kier alpha value is -2.48. The molecule has 1 aromatic heterocycles. The lowest BCUT2D eigenvalue weighted by molar-refractivity contribution is 0.0661. The monoisotopic (exact) mass is 339 g/mol. The molecule has 2 rings (SSSR count). The van der Waals surface area contributed by atoms with Gasteiger partial charge < -0.3 is 14.3 Å². The van der Waals surface area contributed by atoms with Gasteiger partial charge in [-0.15, -0.1) is 0 Å². The molecule has 2 aromatic rings. The third-order valence-corrected chi connectivity index (χ3v) is 4.60. The Bertz CT molecular complexity index is 838. The second-order valence-electron chi connectivity index (χ2n) is 4.85. The summed E-state index contributed by atoms with van der Waals surface area (Å²) in [6.45, 7) is 5.50. The molecule has 23 heavy (non-hydrogen) atoms. The van der Waals surface area contributed by atoms with Gasteiger partial charge >= 0.3 is 5.97 Å². The Morgan fingerprint density at radius 3 is 2.52 bits per heavy atom. The van der Waals surface area contributed by atoms with Gasteiger partial charge in [-0.25, -0.2) is 13.2 Å². The van der Waals surface area contributed by atoms with E-state index in [1.54, 1.807) is 25.1 Å². The zero-order valence-corrected chi connectivity index (χ0v) is 13.7. The van der Waals surface area contributed by atoms with Crippen molar-refractivity contribution in [1.29, 1.82) is 0 Å². The van der Waals surface area contributed by atoms with E-state index in [4.69, 9.17) is 14.3 Å². The van der Waals surface area contributed by atoms with Gasteiger partial charge in [-0.1, -0.05) is 0 Å². The van der Waals surface area contributed by atoms with E-state index in [9.17, 15) is 13.2 Å². The number of nitrogens with one attached hydrogen (secondary N) is 1. The first-order valence-electron chi connectivity index (χ1n) is 6.84. The Morgan fingerprint density at radius 1 is 1.30 bits per heavy atom. The number of benzene rings is 1. The fourth-order valence-corrected chi connectivity index (χ4v) is 3.36. The zero-order valence-electron chi connectivity index (χ0n) is 12.9. The van der Waals surface area contributed by atoms with Gasteiger partial charge in [0.1, 0.15) is 16.4 Å². The van der Waals surface area contributed by atoms with Crippen LogP contribution in [-0.4, -0.2) is 26.1 Å². The van der Waals surface area contributed by atoms with Gasteiger partial charge in [0.05, 0.1) is 12.3 Å². The standard InChI is InChI=1S/C15H17NO6S/c1-4-21-11-5-6-12(9(2)7-11)16-23(19,20)14-8-13(15(17)18)22-10(14)3/h5-8,16H,4H2,1-3H3,(H,17,18). The highest BCUT2D eigenvalue weighted by atomic mass is 32.2. The van der Waals surface area contributed by atoms with Gasteiger partial charge in [0, 0.05) is 6.07 Å². The molecule has 1 aromatic carbocycles. The average Bonchev–Trinajstić information content (AvgIpc) is 2.85. The van der Waals surface area contributed by atoms with Gasteiger partial charge in [0.25, 0.3) is 10.0 Å². The average molecular weight is 339 g/mol. The number of carbonyl (C=O) groups is 1. The fourth-order valence-electron chi connectivity index (χ4n) is 2.04. The number of hydrogen-bond donors (Lipinski definition) is 2. The molecule has 0 atom stereocenters. The first kappa shape index (κ1) is 16.9. The van der Waals surface area contributed by atoms with Crippen molar-refractivity contribution in [3.63, 3.8) is 0 Å². The van der Waals surface area contributed by atoms with Crippen LogP contribution >= 0.6 is 0 Å². The maximum Gasteiger partial charge on any atom is 0.371 e. The summed E-state index contributed by atoms with van der Waals surface area (Å²) in [5, 5.41) is 8.88. The predicted molar refractivity (Wildman–Crippen MR) is 83.6 cm³/mol. The van der Waals surface area contributed by atoms with Crippen molar-refractivity contribution in [1.82, 2.24) is 0 Å². The number of carboxylic acid groups (broad SMARTS) is 1. The van der Waals surface area contributed by atoms with Crippen molar-refractivity contribution in [3.8, 4) is 5.75 Å². The maximum absolute atomic E-state index is 12.4. The number of sulfonamides is 1. The first-order valence-corrected chi connectivity index (χ1v) is 8.33. The molecule has 0 saturated carbocycles. The molecule has 0 aliphatic carbocycles. The third-order valence-electron chi connectivity index (χ3n) is 3.13. The van der Waals surface area contributed by atoms with Crippen LogP contribution in [-0.2, 0) is 10.0 Å². The minimum Gasteiger partial charge on any atom is -0.494 e. The summed E-state index contributed by atoms with van der Waals surface area (Å²) >= 11 is 0. The minimum atomic E-state index is -3.95. The van der Waals surface area contributed by atoms with Crippen LogP contribution in [0.4, 0.5) is 5.69 Å². The molecule has 0 unspecified atom stereocenters. The van der Waals surface area contributed by atoms with Crippen LogP contribution in [0.3, 0.4) is 0 Å². The number of hydrogen-bond acceptors (Lipinski definition) is 5. The molecule has 0 spiro atoms. The van der Waals surface area contributed by atoms with E-state index in [1.807, 2.05) is 6.92 Å². The summed E-state index contributed by atoms with van der Waals surface area (Å²) < 4.78 is 37.6. The van der Waals surface area contributed by atoms with E-state index in [0.29, 0.717) is 23.6 Å². The molecule has 0 amide bonds. The number of anilines is 1. The largest absolute Gasteiger partial charge is 0.494 e. The Balaban J connectivity index is 2.33. The molecule has 8 heteroatoms. The van der Waals surface area contributed by atoms with Crippen molar-refractivity contribution in [2.45, 2.75) is 25.7 Å². The van der Waals surface area contributed by atoms with Crippen LogP contribution in [0.5, 0.6) is 5.75 Å². The summed E-state index contributed by atoms with van der Waals surface area (Å²) in [7, 11) is -3.95. The van der Waals surface area contributed by atoms with Gasteiger partial charge in [0.15, 0.2) is 0 Å². The molecule has 7 nitrogen and oxygen atoms in total. The summed E-state index contributed by atoms with van der Waals surface area (Å²) in [6, 6.07) is 5.95. The molecule has 1 heterocycles. The predicted octanol–water partition coefficient (Wildman–Crippen LogP) is 2.79. The number of ether oxygens (including phenoxy) is 1. The van der Waals surface area contributed by atoms with Crippen molar-refractivity contribution in [2.75, 3.05) is 11.3 Å². The lowest BCUT2D eigenvalue weighted by atomic mass is 10.2. The molecule has 0 bridgehead atoms. The van der Waals surface area contributed by atoms with Crippen molar-refractivity contribution in [2.24, 2.45) is 0 Å². The number of aryl methyl sites for hydroxylation is 2. The van der Waals surface area contributed by atoms with Gasteiger partial charge in [-0.2, -0.15) is 0 Å². The normalized spacial score (nSPS) is 11.3. The molecule has 2 N–H and O–H groups in total. The number of furan rings is 1. The molecule has 0 radical (unpaired) electrons. The summed E-state index contributed by atoms with van der Waals surface area (Å²) in [4.78, 5) is 10.7. The fraction of sp³-hybridized carbons (Fsp3) is 0.267. The Morgan fingerprint density at radius 2 is 2.00 bits per heavy atom. The van der Waals surface area contributed by atoms with Crippen molar-refractivity contribution in [3.05, 3.63) is 41.3 Å². The highest BCUT2D eigenvalue weighted by molar-refractivity contribution is 7.92. The molecule has 0 aliphatic heterocycles. The maximum atomic E-state index is 12.4. The smallest absolute Gasteiger partial charge is 0.371 e. The van der Waals surface area contributed by atoms with Crippen molar-refractivity contribution < 1.29 is 27.5 Å². The third kappa shape index (κ3) is 3.65. The van der Waals surface area contributed by atoms with Crippen LogP contribution in [0.15, 0.2) is 33.6 Å². The second-order valence-corrected chi connectivity index (χ2v) is 6.50. The topological polar surface area (TPSA) is 106 Å². The van der Waals surface area contributed by atoms with E-state index in [2.05, 4.69) is 4.72 Å². The van der Waals surface area contributed by atoms with Gasteiger partial charge in [0.2, 0.25) is 5.76 Å². The van der Waals surface area contributed by atoms with E-state index in [-0.39, 0.29) is 10.7 Å². The highest BCUT2D eigenvalue weighted by Gasteiger charge is 2.24. The van der Waals surface area contributed by atoms with Crippen LogP contribution in [0.2, 0.25) is 0 Å². The van der Waals surface area contributed by atoms with E-state index >= 15 is 0 Å². The molecule has 124 valence electrons. The van der Waals surface area contributed by atoms with E-state index in [0.717, 1.165) is 6.07 Å². The van der Waals surface area contributed by atoms with Crippen LogP contribution < -0.4 is 9.46 Å². The SMILES string of the molecule is CCOc1ccc(NS(=O)(=O)c2cc(C(=O)O)oc2C)c(C)c1. The summed E-state index contributed by atoms with van der Waals surface area (Å²) in [6.07, 6.45) is 0. The van der Waals surface area contributed by atoms with E-state index in [1.165, 1.54) is 6.92 Å². The lowest BCUT2D eigenvalue weighted by Gasteiger charge is -2.11. The van der Waals surface area contributed by atoms with Gasteiger partial charge in [-0.3, -0.25) is 4.72 Å². The Labute approximate surface area is 133 Å². The Kier molecular flexibility index (Phi) is 4.65. The van der Waals surface area contributed by atoms with Crippen molar-refractivity contribution >= 4 is 21.7 Å². The van der Waals surface area contributed by atoms with Crippen LogP contribution in [0, 0.1) is 13.8 Å². The lowest BCUT2D eigenvalue weighted by Crippen LogP contribution is -2.14. The zero-order chi connectivity index (χ0) is 17.2. The first-order chi connectivity index (χ1) is 10.7. The molecular formula is C15H17NO6S. The highest BCUT2D eigenvalue weighted by Crippen LogP contribution is 2.26. The van der Waals surface area contributed by atoms with Crippen LogP contribution in [0.25, 0.3) is 0 Å².